The maximum atomic E-state index is 4.43. The van der Waals surface area contributed by atoms with Gasteiger partial charge in [-0.2, -0.15) is 0 Å². The van der Waals surface area contributed by atoms with Gasteiger partial charge >= 0.3 is 0 Å². The van der Waals surface area contributed by atoms with Crippen LogP contribution in [0.2, 0.25) is 0 Å². The van der Waals surface area contributed by atoms with Crippen LogP contribution in [0.25, 0.3) is 22.8 Å². The molecule has 0 fully saturated rings. The summed E-state index contributed by atoms with van der Waals surface area (Å²) in [6.07, 6.45) is 7.03. The van der Waals surface area contributed by atoms with Gasteiger partial charge in [-0.25, -0.2) is 0 Å². The third-order valence-corrected chi connectivity index (χ3v) is 3.01. The minimum atomic E-state index is 0.769. The summed E-state index contributed by atoms with van der Waals surface area (Å²) in [5, 5.41) is 0. The molecule has 0 spiro atoms. The van der Waals surface area contributed by atoms with Gasteiger partial charge in [-0.1, -0.05) is 0 Å². The first kappa shape index (κ1) is 12.4. The summed E-state index contributed by atoms with van der Waals surface area (Å²) in [5.41, 5.74) is 5.51. The van der Waals surface area contributed by atoms with E-state index in [-0.39, 0.29) is 0 Å². The fraction of sp³-hybridized carbons (Fsp3) is 0.125. The zero-order valence-electron chi connectivity index (χ0n) is 11.4. The first-order chi connectivity index (χ1) is 9.72. The van der Waals surface area contributed by atoms with Crippen LogP contribution < -0.4 is 0 Å². The van der Waals surface area contributed by atoms with E-state index < -0.39 is 0 Å². The lowest BCUT2D eigenvalue weighted by Crippen LogP contribution is -1.93. The van der Waals surface area contributed by atoms with Crippen molar-refractivity contribution in [1.82, 2.24) is 19.9 Å². The molecule has 0 radical (unpaired) electrons. The van der Waals surface area contributed by atoms with E-state index in [9.17, 15) is 0 Å². The number of hydrogen-bond acceptors (Lipinski definition) is 4. The van der Waals surface area contributed by atoms with Crippen molar-refractivity contribution in [2.75, 3.05) is 0 Å². The second-order valence-electron chi connectivity index (χ2n) is 4.72. The summed E-state index contributed by atoms with van der Waals surface area (Å²) in [4.78, 5) is 17.5. The van der Waals surface area contributed by atoms with Crippen LogP contribution in [0.3, 0.4) is 0 Å². The summed E-state index contributed by atoms with van der Waals surface area (Å²) >= 11 is 0. The van der Waals surface area contributed by atoms with Crippen molar-refractivity contribution in [3.8, 4) is 22.8 Å². The van der Waals surface area contributed by atoms with Gasteiger partial charge in [0.2, 0.25) is 0 Å². The third kappa shape index (κ3) is 2.54. The average Bonchev–Trinajstić information content (AvgIpc) is 2.47. The molecule has 3 rings (SSSR count). The lowest BCUT2D eigenvalue weighted by Gasteiger charge is -2.03. The van der Waals surface area contributed by atoms with Gasteiger partial charge in [0.1, 0.15) is 11.4 Å². The van der Waals surface area contributed by atoms with Gasteiger partial charge < -0.3 is 0 Å². The van der Waals surface area contributed by atoms with E-state index in [0.29, 0.717) is 0 Å². The third-order valence-electron chi connectivity index (χ3n) is 3.01. The highest BCUT2D eigenvalue weighted by Gasteiger charge is 2.05. The standard InChI is InChI=1S/C16H14N4/c1-11-3-5-17-13(7-11)15-9-20-16(10-19-15)14-8-12(2)4-6-18-14/h3-10H,1-2H3. The fourth-order valence-electron chi connectivity index (χ4n) is 1.95. The smallest absolute Gasteiger partial charge is 0.107 e. The molecule has 0 aliphatic heterocycles. The maximum absolute atomic E-state index is 4.43. The highest BCUT2D eigenvalue weighted by atomic mass is 14.8. The zero-order valence-corrected chi connectivity index (χ0v) is 11.4. The minimum absolute atomic E-state index is 0.769. The molecule has 0 aromatic carbocycles. The monoisotopic (exact) mass is 262 g/mol. The summed E-state index contributed by atoms with van der Waals surface area (Å²) < 4.78 is 0. The van der Waals surface area contributed by atoms with E-state index in [1.165, 1.54) is 0 Å². The number of aryl methyl sites for hydroxylation is 2. The molecule has 0 saturated carbocycles. The molecule has 3 heterocycles. The highest BCUT2D eigenvalue weighted by Crippen LogP contribution is 2.18. The predicted octanol–water partition coefficient (Wildman–Crippen LogP) is 3.22. The number of rotatable bonds is 2. The molecule has 3 aromatic rings. The first-order valence-electron chi connectivity index (χ1n) is 6.40. The Bertz CT molecular complexity index is 671. The van der Waals surface area contributed by atoms with Crippen LogP contribution in [0.1, 0.15) is 11.1 Å². The number of hydrogen-bond donors (Lipinski definition) is 0. The van der Waals surface area contributed by atoms with Gasteiger partial charge in [0.25, 0.3) is 0 Å². The molecule has 0 aliphatic carbocycles. The van der Waals surface area contributed by atoms with Crippen LogP contribution in [-0.2, 0) is 0 Å². The molecule has 0 saturated heterocycles. The predicted molar refractivity (Wildman–Crippen MR) is 78.0 cm³/mol. The van der Waals surface area contributed by atoms with Crippen LogP contribution in [0.4, 0.5) is 0 Å². The molecule has 4 nitrogen and oxygen atoms in total. The van der Waals surface area contributed by atoms with E-state index in [0.717, 1.165) is 33.9 Å². The summed E-state index contributed by atoms with van der Waals surface area (Å²) in [7, 11) is 0. The van der Waals surface area contributed by atoms with Gasteiger partial charge in [0.15, 0.2) is 0 Å². The van der Waals surface area contributed by atoms with Gasteiger partial charge in [0, 0.05) is 12.4 Å². The van der Waals surface area contributed by atoms with E-state index in [4.69, 9.17) is 0 Å². The fourth-order valence-corrected chi connectivity index (χ4v) is 1.95. The lowest BCUT2D eigenvalue weighted by atomic mass is 10.2. The molecule has 0 aliphatic rings. The molecule has 0 unspecified atom stereocenters. The van der Waals surface area contributed by atoms with Crippen LogP contribution in [0.15, 0.2) is 49.1 Å². The van der Waals surface area contributed by atoms with Gasteiger partial charge in [0.05, 0.1) is 23.8 Å². The van der Waals surface area contributed by atoms with Crippen molar-refractivity contribution >= 4 is 0 Å². The molecule has 98 valence electrons. The lowest BCUT2D eigenvalue weighted by molar-refractivity contribution is 1.15. The number of aromatic nitrogens is 4. The SMILES string of the molecule is Cc1ccnc(-c2cnc(-c3cc(C)ccn3)cn2)c1. The van der Waals surface area contributed by atoms with Gasteiger partial charge in [-0.3, -0.25) is 19.9 Å². The molecular formula is C16H14N4. The van der Waals surface area contributed by atoms with Crippen molar-refractivity contribution in [2.24, 2.45) is 0 Å². The Kier molecular flexibility index (Phi) is 3.21. The average molecular weight is 262 g/mol. The summed E-state index contributed by atoms with van der Waals surface area (Å²) in [5.74, 6) is 0. The zero-order chi connectivity index (χ0) is 13.9. The Hall–Kier alpha value is -2.62. The largest absolute Gasteiger partial charge is 0.255 e. The summed E-state index contributed by atoms with van der Waals surface area (Å²) in [6.45, 7) is 4.06. The maximum Gasteiger partial charge on any atom is 0.107 e. The Balaban J connectivity index is 1.96. The van der Waals surface area contributed by atoms with Gasteiger partial charge in [-0.05, 0) is 49.2 Å². The quantitative estimate of drug-likeness (QED) is 0.711. The van der Waals surface area contributed by atoms with E-state index >= 15 is 0 Å². The van der Waals surface area contributed by atoms with Crippen LogP contribution >= 0.6 is 0 Å². The van der Waals surface area contributed by atoms with Crippen molar-refractivity contribution in [3.63, 3.8) is 0 Å². The van der Waals surface area contributed by atoms with Gasteiger partial charge in [-0.15, -0.1) is 0 Å². The second-order valence-corrected chi connectivity index (χ2v) is 4.72. The number of pyridine rings is 2. The van der Waals surface area contributed by atoms with E-state index in [2.05, 4.69) is 19.9 Å². The van der Waals surface area contributed by atoms with Crippen molar-refractivity contribution in [2.45, 2.75) is 13.8 Å². The Labute approximate surface area is 117 Å². The van der Waals surface area contributed by atoms with Crippen LogP contribution in [0, 0.1) is 13.8 Å². The van der Waals surface area contributed by atoms with Crippen molar-refractivity contribution in [1.29, 1.82) is 0 Å². The molecule has 0 N–H and O–H groups in total. The normalized spacial score (nSPS) is 10.5. The van der Waals surface area contributed by atoms with Crippen molar-refractivity contribution in [3.05, 3.63) is 60.2 Å². The highest BCUT2D eigenvalue weighted by molar-refractivity contribution is 5.58. The molecule has 0 amide bonds. The first-order valence-corrected chi connectivity index (χ1v) is 6.40. The topological polar surface area (TPSA) is 51.6 Å². The van der Waals surface area contributed by atoms with Crippen LogP contribution in [-0.4, -0.2) is 19.9 Å². The van der Waals surface area contributed by atoms with E-state index in [1.54, 1.807) is 24.8 Å². The van der Waals surface area contributed by atoms with E-state index in [1.807, 2.05) is 38.1 Å². The second kappa shape index (κ2) is 5.17. The Morgan fingerprint density at radius 3 is 1.40 bits per heavy atom. The molecule has 3 aromatic heterocycles. The summed E-state index contributed by atoms with van der Waals surface area (Å²) in [6, 6.07) is 7.91. The Morgan fingerprint density at radius 1 is 0.600 bits per heavy atom. The molecule has 4 heteroatoms. The number of nitrogens with zero attached hydrogens (tertiary/aromatic N) is 4. The Morgan fingerprint density at radius 2 is 1.05 bits per heavy atom. The molecule has 0 bridgehead atoms. The molecule has 0 atom stereocenters. The minimum Gasteiger partial charge on any atom is -0.255 e. The molecular weight excluding hydrogens is 248 g/mol. The molecule has 20 heavy (non-hydrogen) atoms. The van der Waals surface area contributed by atoms with Crippen molar-refractivity contribution < 1.29 is 0 Å². The van der Waals surface area contributed by atoms with Crippen LogP contribution in [0.5, 0.6) is 0 Å².